The molecule has 1 saturated heterocycles. The van der Waals surface area contributed by atoms with Crippen molar-refractivity contribution in [3.63, 3.8) is 0 Å². The highest BCUT2D eigenvalue weighted by Crippen LogP contribution is 2.26. The van der Waals surface area contributed by atoms with Crippen molar-refractivity contribution >= 4 is 23.1 Å². The molecule has 0 unspecified atom stereocenters. The number of thioether (sulfide) groups is 1. The van der Waals surface area contributed by atoms with Crippen molar-refractivity contribution in [3.05, 3.63) is 28.6 Å². The summed E-state index contributed by atoms with van der Waals surface area (Å²) < 4.78 is 0. The third-order valence-corrected chi connectivity index (χ3v) is 3.97. The van der Waals surface area contributed by atoms with Gasteiger partial charge < -0.3 is 5.32 Å². The van der Waals surface area contributed by atoms with Crippen molar-refractivity contribution < 1.29 is 4.92 Å². The van der Waals surface area contributed by atoms with Crippen LogP contribution >= 0.6 is 11.8 Å². The van der Waals surface area contributed by atoms with Gasteiger partial charge in [0.25, 0.3) is 0 Å². The number of pyridine rings is 1. The van der Waals surface area contributed by atoms with Crippen LogP contribution in [0.5, 0.6) is 0 Å². The summed E-state index contributed by atoms with van der Waals surface area (Å²) in [5.41, 5.74) is 0.626. The molecule has 2 heterocycles. The minimum atomic E-state index is -0.397. The van der Waals surface area contributed by atoms with Gasteiger partial charge in [0.1, 0.15) is 11.9 Å². The lowest BCUT2D eigenvalue weighted by atomic mass is 10.0. The SMILES string of the molecule is O=[N+]([O-])c1cnccc1NCC1CCSCC1. The normalized spacial score (nSPS) is 16.7. The van der Waals surface area contributed by atoms with E-state index < -0.39 is 4.92 Å². The summed E-state index contributed by atoms with van der Waals surface area (Å²) >= 11 is 1.98. The van der Waals surface area contributed by atoms with E-state index >= 15 is 0 Å². The Bertz CT molecular complexity index is 394. The predicted molar refractivity (Wildman–Crippen MR) is 69.4 cm³/mol. The van der Waals surface area contributed by atoms with Gasteiger partial charge in [-0.1, -0.05) is 0 Å². The summed E-state index contributed by atoms with van der Waals surface area (Å²) in [5, 5.41) is 14.0. The second kappa shape index (κ2) is 5.86. The zero-order valence-electron chi connectivity index (χ0n) is 9.46. The van der Waals surface area contributed by atoms with Crippen molar-refractivity contribution in [1.29, 1.82) is 0 Å². The van der Waals surface area contributed by atoms with Gasteiger partial charge in [0.2, 0.25) is 0 Å². The Labute approximate surface area is 104 Å². The van der Waals surface area contributed by atoms with E-state index in [-0.39, 0.29) is 5.69 Å². The molecule has 0 radical (unpaired) electrons. The molecule has 0 atom stereocenters. The molecule has 0 spiro atoms. The molecule has 0 bridgehead atoms. The maximum absolute atomic E-state index is 10.8. The maximum atomic E-state index is 10.8. The molecule has 6 heteroatoms. The van der Waals surface area contributed by atoms with Crippen LogP contribution in [-0.2, 0) is 0 Å². The van der Waals surface area contributed by atoms with Crippen molar-refractivity contribution in [1.82, 2.24) is 4.98 Å². The molecular weight excluding hydrogens is 238 g/mol. The van der Waals surface area contributed by atoms with E-state index in [9.17, 15) is 10.1 Å². The van der Waals surface area contributed by atoms with E-state index in [0.717, 1.165) is 6.54 Å². The van der Waals surface area contributed by atoms with Crippen molar-refractivity contribution in [2.24, 2.45) is 5.92 Å². The fraction of sp³-hybridized carbons (Fsp3) is 0.545. The summed E-state index contributed by atoms with van der Waals surface area (Å²) in [6.45, 7) is 0.811. The molecule has 0 aromatic carbocycles. The van der Waals surface area contributed by atoms with Gasteiger partial charge in [0.05, 0.1) is 4.92 Å². The second-order valence-corrected chi connectivity index (χ2v) is 5.31. The number of anilines is 1. The van der Waals surface area contributed by atoms with Gasteiger partial charge in [-0.3, -0.25) is 15.1 Å². The highest BCUT2D eigenvalue weighted by molar-refractivity contribution is 7.99. The number of hydrogen-bond donors (Lipinski definition) is 1. The lowest BCUT2D eigenvalue weighted by Crippen LogP contribution is -2.19. The molecule has 0 saturated carbocycles. The minimum absolute atomic E-state index is 0.0534. The average molecular weight is 253 g/mol. The molecule has 0 amide bonds. The maximum Gasteiger partial charge on any atom is 0.310 e. The molecular formula is C11H15N3O2S. The van der Waals surface area contributed by atoms with Crippen LogP contribution in [-0.4, -0.2) is 28.0 Å². The number of aromatic nitrogens is 1. The second-order valence-electron chi connectivity index (χ2n) is 4.09. The minimum Gasteiger partial charge on any atom is -0.379 e. The Hall–Kier alpha value is -1.30. The van der Waals surface area contributed by atoms with Crippen LogP contribution < -0.4 is 5.32 Å². The van der Waals surface area contributed by atoms with Crippen LogP contribution in [0.3, 0.4) is 0 Å². The molecule has 1 aromatic heterocycles. The first kappa shape index (κ1) is 12.2. The standard InChI is InChI=1S/C11H15N3O2S/c15-14(16)11-8-12-4-1-10(11)13-7-9-2-5-17-6-3-9/h1,4,8-9H,2-3,5-7H2,(H,12,13). The van der Waals surface area contributed by atoms with Crippen molar-refractivity contribution in [3.8, 4) is 0 Å². The molecule has 1 aliphatic heterocycles. The van der Waals surface area contributed by atoms with Gasteiger partial charge in [-0.05, 0) is 36.3 Å². The Morgan fingerprint density at radius 3 is 3.00 bits per heavy atom. The average Bonchev–Trinajstić information content (AvgIpc) is 2.38. The van der Waals surface area contributed by atoms with Gasteiger partial charge in [0, 0.05) is 12.7 Å². The fourth-order valence-corrected chi connectivity index (χ4v) is 3.09. The van der Waals surface area contributed by atoms with Crippen LogP contribution in [0.25, 0.3) is 0 Å². The summed E-state index contributed by atoms with van der Waals surface area (Å²) in [7, 11) is 0. The molecule has 2 rings (SSSR count). The topological polar surface area (TPSA) is 68.1 Å². The highest BCUT2D eigenvalue weighted by atomic mass is 32.2. The summed E-state index contributed by atoms with van der Waals surface area (Å²) in [6, 6.07) is 1.66. The van der Waals surface area contributed by atoms with Crippen LogP contribution in [0.4, 0.5) is 11.4 Å². The smallest absolute Gasteiger partial charge is 0.310 e. The molecule has 1 fully saturated rings. The van der Waals surface area contributed by atoms with E-state index in [1.54, 1.807) is 12.3 Å². The first-order valence-electron chi connectivity index (χ1n) is 5.67. The lowest BCUT2D eigenvalue weighted by molar-refractivity contribution is -0.384. The van der Waals surface area contributed by atoms with E-state index in [4.69, 9.17) is 0 Å². The Kier molecular flexibility index (Phi) is 4.19. The third kappa shape index (κ3) is 3.33. The van der Waals surface area contributed by atoms with E-state index in [1.165, 1.54) is 30.5 Å². The molecule has 17 heavy (non-hydrogen) atoms. The van der Waals surface area contributed by atoms with Crippen molar-refractivity contribution in [2.75, 3.05) is 23.4 Å². The van der Waals surface area contributed by atoms with Crippen LogP contribution in [0.1, 0.15) is 12.8 Å². The Balaban J connectivity index is 1.96. The number of nitro groups is 1. The molecule has 5 nitrogen and oxygen atoms in total. The van der Waals surface area contributed by atoms with Crippen LogP contribution in [0.15, 0.2) is 18.5 Å². The highest BCUT2D eigenvalue weighted by Gasteiger charge is 2.16. The number of hydrogen-bond acceptors (Lipinski definition) is 5. The Morgan fingerprint density at radius 1 is 1.53 bits per heavy atom. The number of nitrogens with zero attached hydrogens (tertiary/aromatic N) is 2. The van der Waals surface area contributed by atoms with Crippen molar-refractivity contribution in [2.45, 2.75) is 12.8 Å². The van der Waals surface area contributed by atoms with E-state index in [1.807, 2.05) is 11.8 Å². The Morgan fingerprint density at radius 2 is 2.29 bits per heavy atom. The molecule has 1 aliphatic rings. The van der Waals surface area contributed by atoms with Gasteiger partial charge in [-0.25, -0.2) is 0 Å². The van der Waals surface area contributed by atoms with Gasteiger partial charge >= 0.3 is 5.69 Å². The third-order valence-electron chi connectivity index (χ3n) is 2.92. The quantitative estimate of drug-likeness (QED) is 0.659. The number of rotatable bonds is 4. The van der Waals surface area contributed by atoms with Gasteiger partial charge in [-0.15, -0.1) is 0 Å². The zero-order valence-corrected chi connectivity index (χ0v) is 10.3. The monoisotopic (exact) mass is 253 g/mol. The summed E-state index contributed by atoms with van der Waals surface area (Å²) in [6.07, 6.45) is 5.25. The van der Waals surface area contributed by atoms with Crippen LogP contribution in [0.2, 0.25) is 0 Å². The molecule has 0 aliphatic carbocycles. The first-order chi connectivity index (χ1) is 8.27. The predicted octanol–water partition coefficient (Wildman–Crippen LogP) is 2.54. The van der Waals surface area contributed by atoms with E-state index in [2.05, 4.69) is 10.3 Å². The largest absolute Gasteiger partial charge is 0.379 e. The van der Waals surface area contributed by atoms with Crippen LogP contribution in [0, 0.1) is 16.0 Å². The molecule has 1 N–H and O–H groups in total. The summed E-state index contributed by atoms with van der Waals surface area (Å²) in [5.74, 6) is 3.03. The molecule has 1 aromatic rings. The summed E-state index contributed by atoms with van der Waals surface area (Å²) in [4.78, 5) is 14.2. The molecule has 92 valence electrons. The fourth-order valence-electron chi connectivity index (χ4n) is 1.89. The first-order valence-corrected chi connectivity index (χ1v) is 6.83. The van der Waals surface area contributed by atoms with Gasteiger partial charge in [0.15, 0.2) is 0 Å². The van der Waals surface area contributed by atoms with E-state index in [0.29, 0.717) is 11.6 Å². The zero-order chi connectivity index (χ0) is 12.1. The lowest BCUT2D eigenvalue weighted by Gasteiger charge is -2.21. The van der Waals surface area contributed by atoms with Gasteiger partial charge in [-0.2, -0.15) is 11.8 Å². The number of nitrogens with one attached hydrogen (secondary N) is 1.